The molecule has 0 radical (unpaired) electrons. The Morgan fingerprint density at radius 3 is 3.26 bits per heavy atom. The highest BCUT2D eigenvalue weighted by Gasteiger charge is 2.17. The maximum atomic E-state index is 11.8. The first kappa shape index (κ1) is 14.0. The average molecular weight is 266 g/mol. The van der Waals surface area contributed by atoms with Crippen LogP contribution in [0.2, 0.25) is 0 Å². The SMILES string of the molecule is COC[C@H](C)CC(=O)Nc1ccn([C@@H]2CCNC2)n1. The van der Waals surface area contributed by atoms with E-state index in [2.05, 4.69) is 15.7 Å². The number of aromatic nitrogens is 2. The number of nitrogens with one attached hydrogen (secondary N) is 2. The zero-order chi connectivity index (χ0) is 13.7. The monoisotopic (exact) mass is 266 g/mol. The van der Waals surface area contributed by atoms with Gasteiger partial charge in [0.15, 0.2) is 5.82 Å². The van der Waals surface area contributed by atoms with Gasteiger partial charge in [0, 0.05) is 38.9 Å². The minimum atomic E-state index is -0.0145. The van der Waals surface area contributed by atoms with E-state index in [1.165, 1.54) is 0 Å². The molecule has 1 amide bonds. The lowest BCUT2D eigenvalue weighted by atomic mass is 10.1. The van der Waals surface area contributed by atoms with Gasteiger partial charge in [-0.25, -0.2) is 0 Å². The molecule has 1 aliphatic heterocycles. The molecule has 0 unspecified atom stereocenters. The fourth-order valence-electron chi connectivity index (χ4n) is 2.33. The van der Waals surface area contributed by atoms with E-state index >= 15 is 0 Å². The van der Waals surface area contributed by atoms with Crippen LogP contribution in [0.5, 0.6) is 0 Å². The molecule has 1 fully saturated rings. The van der Waals surface area contributed by atoms with E-state index in [-0.39, 0.29) is 11.8 Å². The number of carbonyl (C=O) groups excluding carboxylic acids is 1. The lowest BCUT2D eigenvalue weighted by molar-refractivity contribution is -0.117. The summed E-state index contributed by atoms with van der Waals surface area (Å²) in [6.07, 6.45) is 3.46. The highest BCUT2D eigenvalue weighted by atomic mass is 16.5. The van der Waals surface area contributed by atoms with Crippen LogP contribution in [0.25, 0.3) is 0 Å². The van der Waals surface area contributed by atoms with Crippen LogP contribution in [-0.2, 0) is 9.53 Å². The fourth-order valence-corrected chi connectivity index (χ4v) is 2.33. The predicted molar refractivity (Wildman–Crippen MR) is 73.0 cm³/mol. The summed E-state index contributed by atoms with van der Waals surface area (Å²) in [5, 5.41) is 10.5. The second-order valence-electron chi connectivity index (χ2n) is 5.14. The molecule has 2 N–H and O–H groups in total. The molecule has 0 bridgehead atoms. The number of methoxy groups -OCH3 is 1. The van der Waals surface area contributed by atoms with Gasteiger partial charge < -0.3 is 15.4 Å². The van der Waals surface area contributed by atoms with Crippen molar-refractivity contribution in [1.82, 2.24) is 15.1 Å². The summed E-state index contributed by atoms with van der Waals surface area (Å²) in [6, 6.07) is 2.25. The minimum Gasteiger partial charge on any atom is -0.384 e. The van der Waals surface area contributed by atoms with Crippen LogP contribution in [-0.4, -0.2) is 42.5 Å². The molecule has 106 valence electrons. The number of hydrogen-bond acceptors (Lipinski definition) is 4. The molecular weight excluding hydrogens is 244 g/mol. The quantitative estimate of drug-likeness (QED) is 0.807. The number of nitrogens with zero attached hydrogens (tertiary/aromatic N) is 2. The van der Waals surface area contributed by atoms with Crippen molar-refractivity contribution in [3.8, 4) is 0 Å². The zero-order valence-corrected chi connectivity index (χ0v) is 11.6. The molecule has 2 rings (SSSR count). The summed E-state index contributed by atoms with van der Waals surface area (Å²) in [4.78, 5) is 11.8. The van der Waals surface area contributed by atoms with Crippen LogP contribution in [0.15, 0.2) is 12.3 Å². The first-order valence-corrected chi connectivity index (χ1v) is 6.73. The summed E-state index contributed by atoms with van der Waals surface area (Å²) in [5.41, 5.74) is 0. The molecule has 1 aromatic rings. The molecule has 1 aromatic heterocycles. The van der Waals surface area contributed by atoms with Gasteiger partial charge in [0.05, 0.1) is 6.04 Å². The maximum absolute atomic E-state index is 11.8. The summed E-state index contributed by atoms with van der Waals surface area (Å²) >= 11 is 0. The van der Waals surface area contributed by atoms with Crippen LogP contribution < -0.4 is 10.6 Å². The Morgan fingerprint density at radius 2 is 2.58 bits per heavy atom. The lowest BCUT2D eigenvalue weighted by Crippen LogP contribution is -2.18. The van der Waals surface area contributed by atoms with Crippen LogP contribution in [0.1, 0.15) is 25.8 Å². The standard InChI is InChI=1S/C13H22N4O2/c1-10(9-19-2)7-13(18)15-12-4-6-17(16-12)11-3-5-14-8-11/h4,6,10-11,14H,3,5,7-9H2,1-2H3,(H,15,16,18)/t10-,11-/m1/s1. The number of carbonyl (C=O) groups is 1. The summed E-state index contributed by atoms with van der Waals surface area (Å²) in [5.74, 6) is 0.826. The molecule has 0 aromatic carbocycles. The molecule has 0 aliphatic carbocycles. The van der Waals surface area contributed by atoms with Crippen molar-refractivity contribution in [3.63, 3.8) is 0 Å². The first-order chi connectivity index (χ1) is 9.19. The van der Waals surface area contributed by atoms with Crippen LogP contribution in [0.3, 0.4) is 0 Å². The predicted octanol–water partition coefficient (Wildman–Crippen LogP) is 1.03. The van der Waals surface area contributed by atoms with E-state index in [1.807, 2.05) is 23.9 Å². The second kappa shape index (κ2) is 6.68. The largest absolute Gasteiger partial charge is 0.384 e. The molecule has 19 heavy (non-hydrogen) atoms. The number of rotatable bonds is 6. The van der Waals surface area contributed by atoms with Crippen molar-refractivity contribution < 1.29 is 9.53 Å². The highest BCUT2D eigenvalue weighted by Crippen LogP contribution is 2.16. The smallest absolute Gasteiger partial charge is 0.225 e. The third-order valence-corrected chi connectivity index (χ3v) is 3.27. The maximum Gasteiger partial charge on any atom is 0.225 e. The molecular formula is C13H22N4O2. The van der Waals surface area contributed by atoms with Gasteiger partial charge in [-0.3, -0.25) is 9.48 Å². The molecule has 6 heteroatoms. The molecule has 1 saturated heterocycles. The van der Waals surface area contributed by atoms with Gasteiger partial charge in [0.1, 0.15) is 0 Å². The van der Waals surface area contributed by atoms with E-state index in [1.54, 1.807) is 7.11 Å². The molecule has 6 nitrogen and oxygen atoms in total. The summed E-state index contributed by atoms with van der Waals surface area (Å²) < 4.78 is 6.94. The van der Waals surface area contributed by atoms with Gasteiger partial charge >= 0.3 is 0 Å². The third-order valence-electron chi connectivity index (χ3n) is 3.27. The topological polar surface area (TPSA) is 68.2 Å². The van der Waals surface area contributed by atoms with Crippen LogP contribution in [0, 0.1) is 5.92 Å². The van der Waals surface area contributed by atoms with Crippen molar-refractivity contribution in [2.24, 2.45) is 5.92 Å². The Bertz CT molecular complexity index is 413. The van der Waals surface area contributed by atoms with E-state index < -0.39 is 0 Å². The van der Waals surface area contributed by atoms with E-state index in [0.29, 0.717) is 24.9 Å². The Hall–Kier alpha value is -1.40. The molecule has 0 spiro atoms. The average Bonchev–Trinajstić information content (AvgIpc) is 2.98. The van der Waals surface area contributed by atoms with Crippen molar-refractivity contribution in [2.45, 2.75) is 25.8 Å². The van der Waals surface area contributed by atoms with Gasteiger partial charge in [0.2, 0.25) is 5.91 Å². The van der Waals surface area contributed by atoms with Crippen molar-refractivity contribution in [2.75, 3.05) is 32.1 Å². The van der Waals surface area contributed by atoms with Gasteiger partial charge in [-0.05, 0) is 18.9 Å². The highest BCUT2D eigenvalue weighted by molar-refractivity contribution is 5.89. The molecule has 2 heterocycles. The van der Waals surface area contributed by atoms with Crippen molar-refractivity contribution >= 4 is 11.7 Å². The number of anilines is 1. The van der Waals surface area contributed by atoms with Gasteiger partial charge in [0.25, 0.3) is 0 Å². The van der Waals surface area contributed by atoms with Crippen LogP contribution >= 0.6 is 0 Å². The minimum absolute atomic E-state index is 0.0145. The summed E-state index contributed by atoms with van der Waals surface area (Å²) in [7, 11) is 1.64. The van der Waals surface area contributed by atoms with Crippen LogP contribution in [0.4, 0.5) is 5.82 Å². The van der Waals surface area contributed by atoms with E-state index in [0.717, 1.165) is 19.5 Å². The number of hydrogen-bond donors (Lipinski definition) is 2. The molecule has 2 atom stereocenters. The van der Waals surface area contributed by atoms with Gasteiger partial charge in [-0.1, -0.05) is 6.92 Å². The number of ether oxygens (including phenoxy) is 1. The molecule has 0 saturated carbocycles. The van der Waals surface area contributed by atoms with Gasteiger partial charge in [-0.15, -0.1) is 0 Å². The normalized spacial score (nSPS) is 20.4. The lowest BCUT2D eigenvalue weighted by Gasteiger charge is -2.10. The number of amides is 1. The molecule has 1 aliphatic rings. The Balaban J connectivity index is 1.83. The zero-order valence-electron chi connectivity index (χ0n) is 11.6. The second-order valence-corrected chi connectivity index (χ2v) is 5.14. The van der Waals surface area contributed by atoms with E-state index in [4.69, 9.17) is 4.74 Å². The van der Waals surface area contributed by atoms with Gasteiger partial charge in [-0.2, -0.15) is 5.10 Å². The van der Waals surface area contributed by atoms with Crippen molar-refractivity contribution in [1.29, 1.82) is 0 Å². The Kier molecular flexibility index (Phi) is 4.93. The van der Waals surface area contributed by atoms with Crippen molar-refractivity contribution in [3.05, 3.63) is 12.3 Å². The summed E-state index contributed by atoms with van der Waals surface area (Å²) in [6.45, 7) is 4.56. The third kappa shape index (κ3) is 4.04. The fraction of sp³-hybridized carbons (Fsp3) is 0.692. The van der Waals surface area contributed by atoms with E-state index in [9.17, 15) is 4.79 Å². The Labute approximate surface area is 113 Å². The first-order valence-electron chi connectivity index (χ1n) is 6.73. The Morgan fingerprint density at radius 1 is 1.74 bits per heavy atom.